The Bertz CT molecular complexity index is 1380. The van der Waals surface area contributed by atoms with Gasteiger partial charge in [0.15, 0.2) is 5.65 Å². The Labute approximate surface area is 194 Å². The molecular weight excluding hydrogens is 501 g/mol. The van der Waals surface area contributed by atoms with Crippen molar-refractivity contribution < 1.29 is 18.0 Å². The van der Waals surface area contributed by atoms with Gasteiger partial charge in [-0.25, -0.2) is 4.98 Å². The molecule has 0 aliphatic carbocycles. The molecule has 11 heteroatoms. The number of carbonyl (C=O) groups is 1. The second kappa shape index (κ2) is 7.98. The van der Waals surface area contributed by atoms with Crippen molar-refractivity contribution >= 4 is 44.2 Å². The van der Waals surface area contributed by atoms with Crippen molar-refractivity contribution in [3.63, 3.8) is 0 Å². The number of pyridine rings is 1. The van der Waals surface area contributed by atoms with E-state index in [0.717, 1.165) is 26.9 Å². The first-order valence-corrected chi connectivity index (χ1v) is 11.1. The highest BCUT2D eigenvalue weighted by atomic mass is 79.9. The topological polar surface area (TPSA) is 89.4 Å². The van der Waals surface area contributed by atoms with Crippen molar-refractivity contribution in [2.75, 3.05) is 18.8 Å². The van der Waals surface area contributed by atoms with Crippen LogP contribution in [-0.2, 0) is 4.79 Å². The molecule has 0 unspecified atom stereocenters. The first-order chi connectivity index (χ1) is 15.7. The summed E-state index contributed by atoms with van der Waals surface area (Å²) in [6.45, 7) is 0.00581. The molecule has 3 aromatic heterocycles. The molecule has 5 rings (SSSR count). The molecule has 2 N–H and O–H groups in total. The molecule has 0 atom stereocenters. The first-order valence-electron chi connectivity index (χ1n) is 10.3. The molecule has 1 amide bonds. The number of rotatable bonds is 2. The minimum absolute atomic E-state index is 0.00291. The number of aromatic nitrogens is 4. The van der Waals surface area contributed by atoms with E-state index < -0.39 is 12.1 Å². The van der Waals surface area contributed by atoms with E-state index in [0.29, 0.717) is 34.5 Å². The number of nitrogens with two attached hydrogens (primary N) is 1. The van der Waals surface area contributed by atoms with Crippen molar-refractivity contribution in [1.82, 2.24) is 24.5 Å². The van der Waals surface area contributed by atoms with Gasteiger partial charge in [-0.1, -0.05) is 18.2 Å². The molecule has 0 spiro atoms. The Morgan fingerprint density at radius 3 is 2.61 bits per heavy atom. The fraction of sp³-hybridized carbons (Fsp3) is 0.273. The molecule has 0 radical (unpaired) electrons. The lowest BCUT2D eigenvalue weighted by Gasteiger charge is -2.32. The van der Waals surface area contributed by atoms with Gasteiger partial charge in [0, 0.05) is 41.7 Å². The number of amides is 1. The Kier molecular flexibility index (Phi) is 5.23. The van der Waals surface area contributed by atoms with Gasteiger partial charge in [-0.15, -0.1) is 0 Å². The molecule has 33 heavy (non-hydrogen) atoms. The molecule has 1 fully saturated rings. The first kappa shape index (κ1) is 21.6. The van der Waals surface area contributed by atoms with Crippen molar-refractivity contribution in [2.45, 2.75) is 24.9 Å². The summed E-state index contributed by atoms with van der Waals surface area (Å²) in [5.74, 6) is -1.60. The molecule has 4 heterocycles. The minimum atomic E-state index is -4.87. The summed E-state index contributed by atoms with van der Waals surface area (Å²) in [6.07, 6.45) is -0.741. The van der Waals surface area contributed by atoms with Crippen LogP contribution in [0.25, 0.3) is 27.7 Å². The standard InChI is InChI=1S/C22H18BrF3N6O/c23-17-18(12-5-7-31(8-6-12)21(33)22(24,25)26)30-20-15(11-29-32(20)19(17)27)14-9-13-3-1-2-4-16(13)28-10-14/h1-4,9-12H,5-8,27H2. The van der Waals surface area contributed by atoms with E-state index in [1.165, 1.54) is 4.52 Å². The van der Waals surface area contributed by atoms with Gasteiger partial charge in [-0.2, -0.15) is 22.8 Å². The van der Waals surface area contributed by atoms with Gasteiger partial charge in [0.05, 0.1) is 21.9 Å². The fourth-order valence-corrected chi connectivity index (χ4v) is 4.82. The second-order valence-electron chi connectivity index (χ2n) is 7.97. The van der Waals surface area contributed by atoms with Crippen LogP contribution in [0.4, 0.5) is 19.0 Å². The Morgan fingerprint density at radius 1 is 1.15 bits per heavy atom. The van der Waals surface area contributed by atoms with Crippen molar-refractivity contribution in [3.8, 4) is 11.1 Å². The summed E-state index contributed by atoms with van der Waals surface area (Å²) < 4.78 is 40.4. The number of piperidine rings is 1. The number of likely N-dealkylation sites (tertiary alicyclic amines) is 1. The quantitative estimate of drug-likeness (QED) is 0.420. The average Bonchev–Trinajstić information content (AvgIpc) is 3.24. The highest BCUT2D eigenvalue weighted by Crippen LogP contribution is 2.37. The largest absolute Gasteiger partial charge is 0.471 e. The van der Waals surface area contributed by atoms with Gasteiger partial charge in [0.1, 0.15) is 5.82 Å². The highest BCUT2D eigenvalue weighted by Gasteiger charge is 2.43. The highest BCUT2D eigenvalue weighted by molar-refractivity contribution is 9.10. The Balaban J connectivity index is 1.51. The van der Waals surface area contributed by atoms with Gasteiger partial charge in [0.25, 0.3) is 0 Å². The number of fused-ring (bicyclic) bond motifs is 2. The number of anilines is 1. The zero-order chi connectivity index (χ0) is 23.3. The SMILES string of the molecule is Nc1c(Br)c(C2CCN(C(=O)C(F)(F)F)CC2)nc2c(-c3cnc4ccccc4c3)cnn12. The molecule has 7 nitrogen and oxygen atoms in total. The van der Waals surface area contributed by atoms with E-state index in [1.54, 1.807) is 12.4 Å². The molecular formula is C22H18BrF3N6O. The number of alkyl halides is 3. The second-order valence-corrected chi connectivity index (χ2v) is 8.76. The molecule has 1 saturated heterocycles. The molecule has 1 aliphatic rings. The van der Waals surface area contributed by atoms with Gasteiger partial charge in [0.2, 0.25) is 0 Å². The van der Waals surface area contributed by atoms with Crippen LogP contribution < -0.4 is 5.73 Å². The van der Waals surface area contributed by atoms with Crippen LogP contribution in [0.15, 0.2) is 47.2 Å². The number of carbonyl (C=O) groups excluding carboxylic acids is 1. The number of nitrogen functional groups attached to an aromatic ring is 1. The molecule has 4 aromatic rings. The van der Waals surface area contributed by atoms with Crippen LogP contribution in [-0.4, -0.2) is 49.7 Å². The third-order valence-corrected chi connectivity index (χ3v) is 6.77. The summed E-state index contributed by atoms with van der Waals surface area (Å²) in [4.78, 5) is 21.7. The van der Waals surface area contributed by atoms with E-state index >= 15 is 0 Å². The predicted octanol–water partition coefficient (Wildman–Crippen LogP) is 4.56. The van der Waals surface area contributed by atoms with E-state index in [2.05, 4.69) is 26.0 Å². The van der Waals surface area contributed by atoms with Gasteiger partial charge in [-0.3, -0.25) is 9.78 Å². The third kappa shape index (κ3) is 3.79. The van der Waals surface area contributed by atoms with Gasteiger partial charge >= 0.3 is 12.1 Å². The van der Waals surface area contributed by atoms with E-state index in [-0.39, 0.29) is 19.0 Å². The average molecular weight is 519 g/mol. The van der Waals surface area contributed by atoms with Crippen LogP contribution in [0, 0.1) is 0 Å². The summed E-state index contributed by atoms with van der Waals surface area (Å²) >= 11 is 3.49. The van der Waals surface area contributed by atoms with Crippen LogP contribution in [0.3, 0.4) is 0 Å². The molecule has 0 saturated carbocycles. The number of benzene rings is 1. The van der Waals surface area contributed by atoms with E-state index in [4.69, 9.17) is 10.7 Å². The van der Waals surface area contributed by atoms with Crippen molar-refractivity contribution in [3.05, 3.63) is 52.9 Å². The van der Waals surface area contributed by atoms with E-state index in [9.17, 15) is 18.0 Å². The van der Waals surface area contributed by atoms with Crippen LogP contribution in [0.1, 0.15) is 24.5 Å². The van der Waals surface area contributed by atoms with Crippen LogP contribution >= 0.6 is 15.9 Å². The smallest absolute Gasteiger partial charge is 0.383 e. The minimum Gasteiger partial charge on any atom is -0.383 e. The molecule has 170 valence electrons. The summed E-state index contributed by atoms with van der Waals surface area (Å²) in [5.41, 5.74) is 9.96. The monoisotopic (exact) mass is 518 g/mol. The lowest BCUT2D eigenvalue weighted by Crippen LogP contribution is -2.45. The van der Waals surface area contributed by atoms with Gasteiger partial charge in [-0.05, 0) is 40.9 Å². The normalized spacial score (nSPS) is 15.5. The zero-order valence-electron chi connectivity index (χ0n) is 17.2. The van der Waals surface area contributed by atoms with Crippen LogP contribution in [0.2, 0.25) is 0 Å². The number of hydrogen-bond acceptors (Lipinski definition) is 5. The lowest BCUT2D eigenvalue weighted by atomic mass is 9.93. The zero-order valence-corrected chi connectivity index (χ0v) is 18.8. The Morgan fingerprint density at radius 2 is 1.88 bits per heavy atom. The summed E-state index contributed by atoms with van der Waals surface area (Å²) in [5, 5.41) is 5.35. The molecule has 1 aliphatic heterocycles. The molecule has 1 aromatic carbocycles. The van der Waals surface area contributed by atoms with Crippen molar-refractivity contribution in [2.24, 2.45) is 0 Å². The predicted molar refractivity (Wildman–Crippen MR) is 120 cm³/mol. The van der Waals surface area contributed by atoms with Gasteiger partial charge < -0.3 is 10.6 Å². The lowest BCUT2D eigenvalue weighted by molar-refractivity contribution is -0.186. The van der Waals surface area contributed by atoms with Crippen LogP contribution in [0.5, 0.6) is 0 Å². The maximum absolute atomic E-state index is 12.8. The summed E-state index contributed by atoms with van der Waals surface area (Å²) in [6, 6.07) is 9.75. The maximum Gasteiger partial charge on any atom is 0.471 e. The van der Waals surface area contributed by atoms with E-state index in [1.807, 2.05) is 30.3 Å². The maximum atomic E-state index is 12.8. The number of hydrogen-bond donors (Lipinski definition) is 1. The number of para-hydroxylation sites is 1. The fourth-order valence-electron chi connectivity index (χ4n) is 4.24. The number of halogens is 4. The summed E-state index contributed by atoms with van der Waals surface area (Å²) in [7, 11) is 0. The Hall–Kier alpha value is -3.21. The molecule has 0 bridgehead atoms. The van der Waals surface area contributed by atoms with Crippen molar-refractivity contribution in [1.29, 1.82) is 0 Å². The third-order valence-electron chi connectivity index (χ3n) is 5.96. The number of nitrogens with zero attached hydrogens (tertiary/aromatic N) is 5.